The first-order valence-corrected chi connectivity index (χ1v) is 10.3. The second-order valence-corrected chi connectivity index (χ2v) is 7.60. The van der Waals surface area contributed by atoms with Gasteiger partial charge in [0, 0.05) is 32.4 Å². The summed E-state index contributed by atoms with van der Waals surface area (Å²) in [6.45, 7) is 1.89. The number of carbonyl (C=O) groups is 3. The molecule has 9 heteroatoms. The minimum absolute atomic E-state index is 0.240. The van der Waals surface area contributed by atoms with E-state index in [-0.39, 0.29) is 12.5 Å². The molecule has 0 aliphatic carbocycles. The highest BCUT2D eigenvalue weighted by Gasteiger charge is 2.37. The van der Waals surface area contributed by atoms with Crippen molar-refractivity contribution in [2.24, 2.45) is 0 Å². The molecule has 0 unspecified atom stereocenters. The number of rotatable bonds is 4. The van der Waals surface area contributed by atoms with Crippen LogP contribution in [0.1, 0.15) is 20.7 Å². The number of hydrogen-bond acceptors (Lipinski definition) is 7. The van der Waals surface area contributed by atoms with E-state index in [1.54, 1.807) is 35.4 Å². The number of anilines is 1. The number of carbonyl (C=O) groups excluding carboxylic acids is 3. The van der Waals surface area contributed by atoms with Crippen LogP contribution in [0.5, 0.6) is 0 Å². The fourth-order valence-corrected chi connectivity index (χ4v) is 3.95. The Kier molecular flexibility index (Phi) is 5.06. The maximum atomic E-state index is 12.8. The zero-order valence-corrected chi connectivity index (χ0v) is 17.2. The number of fused-ring (bicyclic) bond motifs is 1. The highest BCUT2D eigenvalue weighted by molar-refractivity contribution is 6.22. The predicted octanol–water partition coefficient (Wildman–Crippen LogP) is 1.48. The van der Waals surface area contributed by atoms with Crippen molar-refractivity contribution in [2.75, 3.05) is 37.6 Å². The van der Waals surface area contributed by atoms with E-state index in [0.29, 0.717) is 43.0 Å². The largest absolute Gasteiger partial charge is 0.352 e. The number of pyridine rings is 1. The van der Waals surface area contributed by atoms with E-state index in [1.807, 2.05) is 30.3 Å². The molecule has 32 heavy (non-hydrogen) atoms. The maximum absolute atomic E-state index is 12.8. The molecule has 1 saturated heterocycles. The highest BCUT2D eigenvalue weighted by Crippen LogP contribution is 2.23. The standard InChI is InChI=1S/C23H20N6O3/c30-21(15-29-22(31)16-5-1-2-6-17(16)23(29)32)28-13-11-27(12-14-28)20-9-8-19(25-26-20)18-7-3-4-10-24-18/h1-10H,11-15H2. The summed E-state index contributed by atoms with van der Waals surface area (Å²) < 4.78 is 0. The van der Waals surface area contributed by atoms with Gasteiger partial charge in [0.1, 0.15) is 12.2 Å². The van der Waals surface area contributed by atoms with Crippen LogP contribution in [0.25, 0.3) is 11.4 Å². The van der Waals surface area contributed by atoms with E-state index in [2.05, 4.69) is 20.1 Å². The number of piperazine rings is 1. The monoisotopic (exact) mass is 428 g/mol. The molecular weight excluding hydrogens is 408 g/mol. The average molecular weight is 428 g/mol. The van der Waals surface area contributed by atoms with Gasteiger partial charge >= 0.3 is 0 Å². The second kappa shape index (κ2) is 8.18. The van der Waals surface area contributed by atoms with E-state index in [1.165, 1.54) is 0 Å². The molecule has 0 spiro atoms. The first-order chi connectivity index (χ1) is 15.6. The first-order valence-electron chi connectivity index (χ1n) is 10.3. The lowest BCUT2D eigenvalue weighted by Crippen LogP contribution is -2.52. The maximum Gasteiger partial charge on any atom is 0.262 e. The summed E-state index contributed by atoms with van der Waals surface area (Å²) in [7, 11) is 0. The summed E-state index contributed by atoms with van der Waals surface area (Å²) in [6.07, 6.45) is 1.71. The Hall–Kier alpha value is -4.14. The highest BCUT2D eigenvalue weighted by atomic mass is 16.2. The van der Waals surface area contributed by atoms with Crippen LogP contribution in [0.2, 0.25) is 0 Å². The van der Waals surface area contributed by atoms with Crippen LogP contribution in [0.3, 0.4) is 0 Å². The Balaban J connectivity index is 1.19. The lowest BCUT2D eigenvalue weighted by Gasteiger charge is -2.35. The molecule has 0 saturated carbocycles. The van der Waals surface area contributed by atoms with E-state index < -0.39 is 11.8 Å². The van der Waals surface area contributed by atoms with Gasteiger partial charge in [-0.25, -0.2) is 0 Å². The number of aromatic nitrogens is 3. The molecule has 1 aromatic carbocycles. The van der Waals surface area contributed by atoms with Crippen molar-refractivity contribution >= 4 is 23.5 Å². The third-order valence-electron chi connectivity index (χ3n) is 5.71. The zero-order chi connectivity index (χ0) is 22.1. The topological polar surface area (TPSA) is 99.6 Å². The van der Waals surface area contributed by atoms with Crippen molar-refractivity contribution in [3.63, 3.8) is 0 Å². The smallest absolute Gasteiger partial charge is 0.262 e. The molecule has 5 rings (SSSR count). The van der Waals surface area contributed by atoms with E-state index >= 15 is 0 Å². The van der Waals surface area contributed by atoms with Gasteiger partial charge in [-0.3, -0.25) is 24.3 Å². The normalized spacial score (nSPS) is 15.8. The Bertz CT molecular complexity index is 1140. The van der Waals surface area contributed by atoms with Gasteiger partial charge in [-0.05, 0) is 36.4 Å². The van der Waals surface area contributed by atoms with Crippen LogP contribution in [-0.4, -0.2) is 75.4 Å². The number of hydrogen-bond donors (Lipinski definition) is 0. The van der Waals surface area contributed by atoms with Crippen LogP contribution in [0.15, 0.2) is 60.8 Å². The molecule has 4 heterocycles. The first kappa shape index (κ1) is 19.8. The summed E-state index contributed by atoms with van der Waals surface area (Å²) in [5.74, 6) is -0.338. The molecule has 0 N–H and O–H groups in total. The van der Waals surface area contributed by atoms with Gasteiger partial charge in [-0.2, -0.15) is 0 Å². The lowest BCUT2D eigenvalue weighted by atomic mass is 10.1. The van der Waals surface area contributed by atoms with Gasteiger partial charge in [0.25, 0.3) is 11.8 Å². The van der Waals surface area contributed by atoms with Gasteiger partial charge in [-0.15, -0.1) is 10.2 Å². The van der Waals surface area contributed by atoms with Crippen LogP contribution in [0.4, 0.5) is 5.82 Å². The molecule has 3 amide bonds. The summed E-state index contributed by atoms with van der Waals surface area (Å²) in [5, 5.41) is 8.58. The van der Waals surface area contributed by atoms with Crippen molar-refractivity contribution in [1.82, 2.24) is 25.0 Å². The number of imide groups is 1. The SMILES string of the molecule is O=C(CN1C(=O)c2ccccc2C1=O)N1CCN(c2ccc(-c3ccccn3)nn2)CC1. The van der Waals surface area contributed by atoms with E-state index in [4.69, 9.17) is 0 Å². The fraction of sp³-hybridized carbons (Fsp3) is 0.217. The minimum atomic E-state index is -0.416. The van der Waals surface area contributed by atoms with Crippen LogP contribution in [-0.2, 0) is 4.79 Å². The number of nitrogens with zero attached hydrogens (tertiary/aromatic N) is 6. The van der Waals surface area contributed by atoms with Gasteiger partial charge in [0.05, 0.1) is 16.8 Å². The molecule has 2 aromatic heterocycles. The van der Waals surface area contributed by atoms with Crippen LogP contribution < -0.4 is 4.90 Å². The Labute approximate surface area is 184 Å². The van der Waals surface area contributed by atoms with Gasteiger partial charge < -0.3 is 9.80 Å². The summed E-state index contributed by atoms with van der Waals surface area (Å²) in [5.41, 5.74) is 2.16. The molecule has 0 atom stereocenters. The lowest BCUT2D eigenvalue weighted by molar-refractivity contribution is -0.131. The van der Waals surface area contributed by atoms with Crippen LogP contribution in [0, 0.1) is 0 Å². The third kappa shape index (κ3) is 3.58. The summed E-state index contributed by atoms with van der Waals surface area (Å²) >= 11 is 0. The van der Waals surface area contributed by atoms with Gasteiger partial charge in [0.15, 0.2) is 5.82 Å². The van der Waals surface area contributed by atoms with Crippen molar-refractivity contribution in [3.8, 4) is 11.4 Å². The van der Waals surface area contributed by atoms with Crippen LogP contribution >= 0.6 is 0 Å². The Morgan fingerprint density at radius 1 is 0.781 bits per heavy atom. The molecule has 2 aliphatic rings. The summed E-state index contributed by atoms with van der Waals surface area (Å²) in [6, 6.07) is 16.0. The third-order valence-corrected chi connectivity index (χ3v) is 5.71. The quantitative estimate of drug-likeness (QED) is 0.581. The molecule has 2 aliphatic heterocycles. The molecule has 0 bridgehead atoms. The fourth-order valence-electron chi connectivity index (χ4n) is 3.95. The van der Waals surface area contributed by atoms with Crippen molar-refractivity contribution in [1.29, 1.82) is 0 Å². The van der Waals surface area contributed by atoms with Gasteiger partial charge in [-0.1, -0.05) is 18.2 Å². The predicted molar refractivity (Wildman–Crippen MR) is 116 cm³/mol. The molecular formula is C23H20N6O3. The van der Waals surface area contributed by atoms with Crippen molar-refractivity contribution in [3.05, 3.63) is 71.9 Å². The van der Waals surface area contributed by atoms with Crippen molar-refractivity contribution in [2.45, 2.75) is 0 Å². The Morgan fingerprint density at radius 2 is 1.47 bits per heavy atom. The number of benzene rings is 1. The average Bonchev–Trinajstić information content (AvgIpc) is 3.10. The molecule has 0 radical (unpaired) electrons. The molecule has 9 nitrogen and oxygen atoms in total. The minimum Gasteiger partial charge on any atom is -0.352 e. The van der Waals surface area contributed by atoms with E-state index in [9.17, 15) is 14.4 Å². The Morgan fingerprint density at radius 3 is 2.06 bits per heavy atom. The molecule has 1 fully saturated rings. The summed E-state index contributed by atoms with van der Waals surface area (Å²) in [4.78, 5) is 46.8. The van der Waals surface area contributed by atoms with Crippen molar-refractivity contribution < 1.29 is 14.4 Å². The number of amides is 3. The van der Waals surface area contributed by atoms with E-state index in [0.717, 1.165) is 16.4 Å². The molecule has 3 aromatic rings. The zero-order valence-electron chi connectivity index (χ0n) is 17.2. The molecule has 160 valence electrons. The van der Waals surface area contributed by atoms with Gasteiger partial charge in [0.2, 0.25) is 5.91 Å². The second-order valence-electron chi connectivity index (χ2n) is 7.60.